The highest BCUT2D eigenvalue weighted by molar-refractivity contribution is 7.20. The maximum absolute atomic E-state index is 5.02. The Labute approximate surface area is 189 Å². The third kappa shape index (κ3) is 4.65. The number of nitrogens with zero attached hydrogens (tertiary/aromatic N) is 6. The van der Waals surface area contributed by atoms with E-state index >= 15 is 0 Å². The molecule has 0 atom stereocenters. The predicted molar refractivity (Wildman–Crippen MR) is 133 cm³/mol. The molecule has 0 unspecified atom stereocenters. The zero-order chi connectivity index (χ0) is 22.2. The van der Waals surface area contributed by atoms with Crippen LogP contribution in [-0.2, 0) is 0 Å². The number of hydrogen-bond donors (Lipinski definition) is 1. The maximum Gasteiger partial charge on any atom is 0.216 e. The van der Waals surface area contributed by atoms with Crippen molar-refractivity contribution in [1.82, 2.24) is 19.5 Å². The molecule has 168 valence electrons. The molecule has 1 fully saturated rings. The van der Waals surface area contributed by atoms with Gasteiger partial charge < -0.3 is 20.0 Å². The second-order valence-electron chi connectivity index (χ2n) is 9.27. The Balaban J connectivity index is 1.71. The van der Waals surface area contributed by atoms with Gasteiger partial charge in [-0.15, -0.1) is 5.10 Å². The summed E-state index contributed by atoms with van der Waals surface area (Å²) in [5.41, 5.74) is 3.23. The number of fused-ring (bicyclic) bond motifs is 1. The van der Waals surface area contributed by atoms with E-state index in [0.717, 1.165) is 66.4 Å². The van der Waals surface area contributed by atoms with Gasteiger partial charge in [0.2, 0.25) is 10.1 Å². The molecule has 1 aromatic carbocycles. The van der Waals surface area contributed by atoms with Gasteiger partial charge in [-0.25, -0.2) is 4.98 Å². The summed E-state index contributed by atoms with van der Waals surface area (Å²) in [5.74, 6) is 0.967. The number of likely N-dealkylation sites (N-methyl/N-ethyl adjacent to an activating group) is 1. The van der Waals surface area contributed by atoms with E-state index in [1.165, 1.54) is 5.69 Å². The lowest BCUT2D eigenvalue weighted by atomic mass is 10.1. The lowest BCUT2D eigenvalue weighted by Gasteiger charge is -2.31. The number of piperazine rings is 1. The van der Waals surface area contributed by atoms with Gasteiger partial charge in [-0.1, -0.05) is 23.5 Å². The SMILES string of the molecule is CCN(CC)c1ccc(-c2nc3sc(N4CCN(C)CC4)nn3c2NC(C)(C)C)cc1. The average Bonchev–Trinajstić information content (AvgIpc) is 3.28. The minimum absolute atomic E-state index is 0.0938. The number of rotatable bonds is 6. The van der Waals surface area contributed by atoms with Crippen molar-refractivity contribution < 1.29 is 0 Å². The van der Waals surface area contributed by atoms with E-state index in [1.807, 2.05) is 4.52 Å². The fourth-order valence-electron chi connectivity index (χ4n) is 3.95. The van der Waals surface area contributed by atoms with Crippen molar-refractivity contribution in [2.75, 3.05) is 61.4 Å². The van der Waals surface area contributed by atoms with Crippen LogP contribution in [0.4, 0.5) is 16.6 Å². The van der Waals surface area contributed by atoms with Crippen LogP contribution >= 0.6 is 11.3 Å². The van der Waals surface area contributed by atoms with Crippen molar-refractivity contribution in [1.29, 1.82) is 0 Å². The Morgan fingerprint density at radius 1 is 1.03 bits per heavy atom. The molecule has 31 heavy (non-hydrogen) atoms. The number of anilines is 3. The molecule has 7 nitrogen and oxygen atoms in total. The molecule has 3 heterocycles. The average molecular weight is 442 g/mol. The van der Waals surface area contributed by atoms with Crippen LogP contribution in [0.5, 0.6) is 0 Å². The minimum atomic E-state index is -0.0938. The summed E-state index contributed by atoms with van der Waals surface area (Å²) in [5, 5.41) is 9.69. The van der Waals surface area contributed by atoms with Crippen LogP contribution in [0.25, 0.3) is 16.2 Å². The van der Waals surface area contributed by atoms with Gasteiger partial charge in [-0.3, -0.25) is 0 Å². The van der Waals surface area contributed by atoms with Crippen LogP contribution in [0, 0.1) is 0 Å². The summed E-state index contributed by atoms with van der Waals surface area (Å²) >= 11 is 1.68. The van der Waals surface area contributed by atoms with Crippen molar-refractivity contribution in [2.45, 2.75) is 40.2 Å². The van der Waals surface area contributed by atoms with Gasteiger partial charge in [0.25, 0.3) is 0 Å². The molecular formula is C23H35N7S. The number of aromatic nitrogens is 3. The Hall–Kier alpha value is -2.32. The molecule has 0 spiro atoms. The fourth-order valence-corrected chi connectivity index (χ4v) is 4.90. The molecule has 1 aliphatic heterocycles. The molecule has 1 aliphatic rings. The second kappa shape index (κ2) is 8.67. The summed E-state index contributed by atoms with van der Waals surface area (Å²) in [7, 11) is 2.18. The molecule has 1 saturated heterocycles. The van der Waals surface area contributed by atoms with E-state index in [9.17, 15) is 0 Å². The van der Waals surface area contributed by atoms with Crippen LogP contribution in [0.1, 0.15) is 34.6 Å². The van der Waals surface area contributed by atoms with Crippen molar-refractivity contribution in [3.8, 4) is 11.3 Å². The Morgan fingerprint density at radius 2 is 1.68 bits per heavy atom. The van der Waals surface area contributed by atoms with E-state index in [2.05, 4.69) is 85.9 Å². The lowest BCUT2D eigenvalue weighted by Crippen LogP contribution is -2.44. The molecule has 4 rings (SSSR count). The first kappa shape index (κ1) is 21.9. The monoisotopic (exact) mass is 441 g/mol. The molecule has 8 heteroatoms. The highest BCUT2D eigenvalue weighted by Crippen LogP contribution is 2.35. The molecule has 2 aromatic heterocycles. The zero-order valence-electron chi connectivity index (χ0n) is 19.6. The number of nitrogens with one attached hydrogen (secondary N) is 1. The highest BCUT2D eigenvalue weighted by Gasteiger charge is 2.24. The summed E-state index contributed by atoms with van der Waals surface area (Å²) in [4.78, 5) is 13.0. The molecule has 0 saturated carbocycles. The first-order valence-corrected chi connectivity index (χ1v) is 12.1. The van der Waals surface area contributed by atoms with Crippen molar-refractivity contribution >= 4 is 32.9 Å². The minimum Gasteiger partial charge on any atom is -0.372 e. The summed E-state index contributed by atoms with van der Waals surface area (Å²) in [6, 6.07) is 8.74. The molecule has 3 aromatic rings. The van der Waals surface area contributed by atoms with Gasteiger partial charge in [0, 0.05) is 56.1 Å². The van der Waals surface area contributed by atoms with Gasteiger partial charge in [0.15, 0.2) is 5.82 Å². The summed E-state index contributed by atoms with van der Waals surface area (Å²) in [6.07, 6.45) is 0. The number of benzene rings is 1. The number of hydrogen-bond acceptors (Lipinski definition) is 7. The zero-order valence-corrected chi connectivity index (χ0v) is 20.5. The predicted octanol–water partition coefficient (Wildman–Crippen LogP) is 4.27. The van der Waals surface area contributed by atoms with Gasteiger partial charge >= 0.3 is 0 Å². The first-order valence-electron chi connectivity index (χ1n) is 11.3. The molecular weight excluding hydrogens is 406 g/mol. The van der Waals surface area contributed by atoms with Crippen molar-refractivity contribution in [3.63, 3.8) is 0 Å². The standard InChI is InChI=1S/C23H35N7S/c1-7-28(8-2)18-11-9-17(10-12-18)19-20(25-23(3,4)5)30-21(24-19)31-22(26-30)29-15-13-27(6)14-16-29/h9-12,25H,7-8,13-16H2,1-6H3. The Bertz CT molecular complexity index is 1000. The molecule has 0 bridgehead atoms. The smallest absolute Gasteiger partial charge is 0.216 e. The van der Waals surface area contributed by atoms with Crippen LogP contribution in [0.2, 0.25) is 0 Å². The highest BCUT2D eigenvalue weighted by atomic mass is 32.1. The van der Waals surface area contributed by atoms with Gasteiger partial charge in [0.1, 0.15) is 5.69 Å². The van der Waals surface area contributed by atoms with Crippen LogP contribution < -0.4 is 15.1 Å². The third-order valence-electron chi connectivity index (χ3n) is 5.73. The van der Waals surface area contributed by atoms with E-state index < -0.39 is 0 Å². The molecule has 0 aliphatic carbocycles. The second-order valence-corrected chi connectivity index (χ2v) is 10.2. The number of imidazole rings is 1. The van der Waals surface area contributed by atoms with Gasteiger partial charge in [0.05, 0.1) is 0 Å². The molecule has 0 radical (unpaired) electrons. The summed E-state index contributed by atoms with van der Waals surface area (Å²) in [6.45, 7) is 17.1. The van der Waals surface area contributed by atoms with Crippen molar-refractivity contribution in [2.24, 2.45) is 0 Å². The van der Waals surface area contributed by atoms with Crippen LogP contribution in [-0.4, -0.2) is 71.4 Å². The summed E-state index contributed by atoms with van der Waals surface area (Å²) < 4.78 is 2.00. The van der Waals surface area contributed by atoms with Crippen molar-refractivity contribution in [3.05, 3.63) is 24.3 Å². The van der Waals surface area contributed by atoms with E-state index in [1.54, 1.807) is 11.3 Å². The molecule has 1 N–H and O–H groups in total. The van der Waals surface area contributed by atoms with E-state index in [-0.39, 0.29) is 5.54 Å². The largest absolute Gasteiger partial charge is 0.372 e. The third-order valence-corrected chi connectivity index (χ3v) is 6.70. The van der Waals surface area contributed by atoms with E-state index in [0.29, 0.717) is 0 Å². The van der Waals surface area contributed by atoms with E-state index in [4.69, 9.17) is 10.1 Å². The lowest BCUT2D eigenvalue weighted by molar-refractivity contribution is 0.312. The normalized spacial score (nSPS) is 15.6. The Kier molecular flexibility index (Phi) is 6.12. The topological polar surface area (TPSA) is 51.9 Å². The van der Waals surface area contributed by atoms with Gasteiger partial charge in [-0.05, 0) is 53.8 Å². The van der Waals surface area contributed by atoms with Gasteiger partial charge in [-0.2, -0.15) is 4.52 Å². The quantitative estimate of drug-likeness (QED) is 0.617. The Morgan fingerprint density at radius 3 is 2.26 bits per heavy atom. The van der Waals surface area contributed by atoms with Crippen LogP contribution in [0.15, 0.2) is 24.3 Å². The first-order chi connectivity index (χ1) is 14.8. The maximum atomic E-state index is 5.02. The molecule has 0 amide bonds. The van der Waals surface area contributed by atoms with Crippen LogP contribution in [0.3, 0.4) is 0 Å². The fraction of sp³-hybridized carbons (Fsp3) is 0.565.